The zero-order valence-corrected chi connectivity index (χ0v) is 8.86. The number of hydrogen-bond donors (Lipinski definition) is 2. The minimum absolute atomic E-state index is 0.0415. The lowest BCUT2D eigenvalue weighted by Gasteiger charge is -2.22. The molecule has 6 heteroatoms. The molecule has 0 spiro atoms. The lowest BCUT2D eigenvalue weighted by molar-refractivity contribution is -0.144. The maximum Gasteiger partial charge on any atom is 0.293 e. The zero-order valence-electron chi connectivity index (χ0n) is 8.86. The van der Waals surface area contributed by atoms with E-state index >= 15 is 0 Å². The van der Waals surface area contributed by atoms with E-state index in [0.717, 1.165) is 0 Å². The molecular formula is C9H16N2O4. The van der Waals surface area contributed by atoms with Crippen LogP contribution < -0.4 is 11.5 Å². The van der Waals surface area contributed by atoms with Gasteiger partial charge in [-0.3, -0.25) is 14.4 Å². The molecule has 0 saturated heterocycles. The number of nitrogens with two attached hydrogens (primary N) is 2. The molecular weight excluding hydrogens is 200 g/mol. The molecule has 86 valence electrons. The highest BCUT2D eigenvalue weighted by Gasteiger charge is 2.27. The van der Waals surface area contributed by atoms with E-state index in [1.165, 1.54) is 0 Å². The van der Waals surface area contributed by atoms with E-state index in [0.29, 0.717) is 0 Å². The third kappa shape index (κ3) is 5.79. The highest BCUT2D eigenvalue weighted by Crippen LogP contribution is 2.14. The number of carbonyl (C=O) groups excluding carboxylic acids is 3. The predicted molar refractivity (Wildman–Crippen MR) is 52.6 cm³/mol. The van der Waals surface area contributed by atoms with Crippen LogP contribution in [0.3, 0.4) is 0 Å². The molecule has 0 aliphatic heterocycles. The van der Waals surface area contributed by atoms with Gasteiger partial charge in [-0.15, -0.1) is 0 Å². The van der Waals surface area contributed by atoms with Crippen molar-refractivity contribution in [2.75, 3.05) is 0 Å². The van der Waals surface area contributed by atoms with Crippen LogP contribution >= 0.6 is 0 Å². The molecule has 0 fully saturated rings. The second kappa shape index (κ2) is 5.45. The molecule has 0 aliphatic carbocycles. The van der Waals surface area contributed by atoms with Crippen LogP contribution in [0.5, 0.6) is 0 Å². The molecule has 0 saturated carbocycles. The first-order valence-electron chi connectivity index (χ1n) is 4.46. The molecule has 0 radical (unpaired) electrons. The normalized spacial score (nSPS) is 13.0. The first-order chi connectivity index (χ1) is 6.78. The summed E-state index contributed by atoms with van der Waals surface area (Å²) in [4.78, 5) is 32.1. The highest BCUT2D eigenvalue weighted by molar-refractivity contribution is 5.89. The Morgan fingerprint density at radius 1 is 1.47 bits per heavy atom. The third-order valence-electron chi connectivity index (χ3n) is 1.80. The van der Waals surface area contributed by atoms with Gasteiger partial charge in [0.15, 0.2) is 5.78 Å². The van der Waals surface area contributed by atoms with Crippen molar-refractivity contribution in [2.45, 2.75) is 38.3 Å². The molecule has 0 aromatic carbocycles. The van der Waals surface area contributed by atoms with Crippen molar-refractivity contribution >= 4 is 18.2 Å². The van der Waals surface area contributed by atoms with Crippen molar-refractivity contribution in [1.82, 2.24) is 0 Å². The van der Waals surface area contributed by atoms with E-state index in [-0.39, 0.29) is 25.1 Å². The van der Waals surface area contributed by atoms with Crippen LogP contribution in [-0.2, 0) is 19.1 Å². The smallest absolute Gasteiger partial charge is 0.293 e. The summed E-state index contributed by atoms with van der Waals surface area (Å²) >= 11 is 0. The Labute approximate surface area is 87.9 Å². The molecule has 1 amide bonds. The van der Waals surface area contributed by atoms with Gasteiger partial charge in [0.1, 0.15) is 5.60 Å². The first kappa shape index (κ1) is 13.6. The maximum absolute atomic E-state index is 11.4. The third-order valence-corrected chi connectivity index (χ3v) is 1.80. The number of carbonyl (C=O) groups is 3. The summed E-state index contributed by atoms with van der Waals surface area (Å²) in [6, 6.07) is -0.933. The van der Waals surface area contributed by atoms with Crippen molar-refractivity contribution in [1.29, 1.82) is 0 Å². The number of primary amides is 1. The van der Waals surface area contributed by atoms with Gasteiger partial charge in [-0.2, -0.15) is 0 Å². The minimum atomic E-state index is -0.933. The van der Waals surface area contributed by atoms with Crippen LogP contribution in [-0.4, -0.2) is 29.8 Å². The number of Topliss-reactive ketones (excluding diaryl/α,β-unsaturated/α-hetero) is 1. The van der Waals surface area contributed by atoms with E-state index in [2.05, 4.69) is 4.74 Å². The Morgan fingerprint density at radius 3 is 2.40 bits per heavy atom. The molecule has 0 aromatic rings. The highest BCUT2D eigenvalue weighted by atomic mass is 16.5. The van der Waals surface area contributed by atoms with Crippen molar-refractivity contribution in [3.05, 3.63) is 0 Å². The van der Waals surface area contributed by atoms with E-state index in [1.54, 1.807) is 13.8 Å². The molecule has 6 nitrogen and oxygen atoms in total. The van der Waals surface area contributed by atoms with Crippen LogP contribution in [0.25, 0.3) is 0 Å². The molecule has 0 aliphatic rings. The first-order valence-corrected chi connectivity index (χ1v) is 4.46. The van der Waals surface area contributed by atoms with Crippen LogP contribution in [0.2, 0.25) is 0 Å². The summed E-state index contributed by atoms with van der Waals surface area (Å²) in [5.74, 6) is -0.995. The summed E-state index contributed by atoms with van der Waals surface area (Å²) in [5, 5.41) is 0. The molecule has 4 N–H and O–H groups in total. The average Bonchev–Trinajstić information content (AvgIpc) is 2.01. The number of ether oxygens (including phenoxy) is 1. The molecule has 0 rings (SSSR count). The van der Waals surface area contributed by atoms with Gasteiger partial charge >= 0.3 is 0 Å². The fourth-order valence-electron chi connectivity index (χ4n) is 1.05. The Kier molecular flexibility index (Phi) is 4.93. The molecule has 0 heterocycles. The van der Waals surface area contributed by atoms with Crippen LogP contribution in [0, 0.1) is 0 Å². The van der Waals surface area contributed by atoms with Crippen molar-refractivity contribution in [2.24, 2.45) is 11.5 Å². The number of rotatable bonds is 7. The second-order valence-corrected chi connectivity index (χ2v) is 3.89. The van der Waals surface area contributed by atoms with Crippen molar-refractivity contribution < 1.29 is 19.1 Å². The minimum Gasteiger partial charge on any atom is -0.461 e. The molecule has 0 aromatic heterocycles. The molecule has 0 bridgehead atoms. The SMILES string of the molecule is CC(C)(CC(=O)[C@@H](N)CC(N)=O)OC=O. The summed E-state index contributed by atoms with van der Waals surface area (Å²) in [6.45, 7) is 3.43. The largest absolute Gasteiger partial charge is 0.461 e. The van der Waals surface area contributed by atoms with Crippen LogP contribution in [0.15, 0.2) is 0 Å². The van der Waals surface area contributed by atoms with Gasteiger partial charge in [-0.25, -0.2) is 0 Å². The van der Waals surface area contributed by atoms with Gasteiger partial charge in [0, 0.05) is 12.8 Å². The lowest BCUT2D eigenvalue weighted by atomic mass is 9.96. The van der Waals surface area contributed by atoms with Gasteiger partial charge < -0.3 is 16.2 Å². The van der Waals surface area contributed by atoms with Crippen molar-refractivity contribution in [3.63, 3.8) is 0 Å². The van der Waals surface area contributed by atoms with Gasteiger partial charge in [-0.05, 0) is 13.8 Å². The Morgan fingerprint density at radius 2 is 2.00 bits per heavy atom. The lowest BCUT2D eigenvalue weighted by Crippen LogP contribution is -2.39. The Balaban J connectivity index is 4.23. The Bertz CT molecular complexity index is 263. The van der Waals surface area contributed by atoms with Gasteiger partial charge in [0.25, 0.3) is 6.47 Å². The van der Waals surface area contributed by atoms with E-state index < -0.39 is 17.6 Å². The number of ketones is 1. The number of amides is 1. The fourth-order valence-corrected chi connectivity index (χ4v) is 1.05. The summed E-state index contributed by atoms with van der Waals surface area (Å²) < 4.78 is 4.68. The quantitative estimate of drug-likeness (QED) is 0.535. The van der Waals surface area contributed by atoms with Gasteiger partial charge in [-0.1, -0.05) is 0 Å². The van der Waals surface area contributed by atoms with E-state index in [1.807, 2.05) is 0 Å². The van der Waals surface area contributed by atoms with Crippen molar-refractivity contribution in [3.8, 4) is 0 Å². The number of hydrogen-bond acceptors (Lipinski definition) is 5. The van der Waals surface area contributed by atoms with Crippen LogP contribution in [0.4, 0.5) is 0 Å². The summed E-state index contributed by atoms with van der Waals surface area (Å²) in [6.07, 6.45) is -0.240. The standard InChI is InChI=1S/C9H16N2O4/c1-9(2,15-5-12)4-7(13)6(10)3-8(11)14/h5-6H,3-4,10H2,1-2H3,(H2,11,14)/t6-/m0/s1. The molecule has 15 heavy (non-hydrogen) atoms. The monoisotopic (exact) mass is 216 g/mol. The van der Waals surface area contributed by atoms with Gasteiger partial charge in [0.05, 0.1) is 6.04 Å². The average molecular weight is 216 g/mol. The maximum atomic E-state index is 11.4. The zero-order chi connectivity index (χ0) is 12.1. The summed E-state index contributed by atoms with van der Waals surface area (Å²) in [5.41, 5.74) is 9.41. The van der Waals surface area contributed by atoms with E-state index in [9.17, 15) is 14.4 Å². The second-order valence-electron chi connectivity index (χ2n) is 3.89. The fraction of sp³-hybridized carbons (Fsp3) is 0.667. The predicted octanol–water partition coefficient (Wildman–Crippen LogP) is -0.900. The summed E-state index contributed by atoms with van der Waals surface area (Å²) in [7, 11) is 0. The van der Waals surface area contributed by atoms with Crippen LogP contribution in [0.1, 0.15) is 26.7 Å². The topological polar surface area (TPSA) is 112 Å². The Hall–Kier alpha value is -1.43. The molecule has 0 unspecified atom stereocenters. The molecule has 1 atom stereocenters. The van der Waals surface area contributed by atoms with E-state index in [4.69, 9.17) is 11.5 Å². The van der Waals surface area contributed by atoms with Gasteiger partial charge in [0.2, 0.25) is 5.91 Å².